The van der Waals surface area contributed by atoms with Crippen molar-refractivity contribution >= 4 is 23.8 Å². The summed E-state index contributed by atoms with van der Waals surface area (Å²) in [5.41, 5.74) is -1.98. The minimum Gasteiger partial charge on any atom is -0.458 e. The van der Waals surface area contributed by atoms with Crippen LogP contribution >= 0.6 is 0 Å². The summed E-state index contributed by atoms with van der Waals surface area (Å²) >= 11 is 0. The number of hydrogen-bond donors (Lipinski definition) is 2. The van der Waals surface area contributed by atoms with E-state index in [1.807, 2.05) is 46.8 Å². The third-order valence-electron chi connectivity index (χ3n) is 11.6. The Kier molecular flexibility index (Phi) is 14.1. The first-order chi connectivity index (χ1) is 24.9. The maximum atomic E-state index is 14.4. The Morgan fingerprint density at radius 2 is 1.75 bits per heavy atom. The Bertz CT molecular complexity index is 1430. The summed E-state index contributed by atoms with van der Waals surface area (Å²) in [6, 6.07) is 7.42. The van der Waals surface area contributed by atoms with Gasteiger partial charge < -0.3 is 48.6 Å². The number of methoxy groups -OCH3 is 1. The van der Waals surface area contributed by atoms with E-state index in [4.69, 9.17) is 28.4 Å². The summed E-state index contributed by atoms with van der Waals surface area (Å²) in [5, 5.41) is 13.2. The summed E-state index contributed by atoms with van der Waals surface area (Å²) in [7, 11) is 7.21. The molecule has 53 heavy (non-hydrogen) atoms. The van der Waals surface area contributed by atoms with Gasteiger partial charge in [-0.05, 0) is 86.2 Å². The second-order valence-electron chi connectivity index (χ2n) is 15.8. The second kappa shape index (κ2) is 17.5. The molecule has 0 aromatic heterocycles. The number of rotatable bonds is 8. The van der Waals surface area contributed by atoms with Crippen molar-refractivity contribution < 1.29 is 52.7 Å². The van der Waals surface area contributed by atoms with Crippen molar-refractivity contribution in [3.63, 3.8) is 0 Å². The molecule has 13 atom stereocenters. The number of carbonyl (C=O) groups is 4. The van der Waals surface area contributed by atoms with Crippen LogP contribution in [-0.4, -0.2) is 140 Å². The van der Waals surface area contributed by atoms with Crippen LogP contribution in [0.5, 0.6) is 0 Å². The van der Waals surface area contributed by atoms with Gasteiger partial charge in [-0.25, -0.2) is 9.59 Å². The molecule has 0 unspecified atom stereocenters. The van der Waals surface area contributed by atoms with Crippen LogP contribution in [0.15, 0.2) is 30.3 Å². The number of ketones is 1. The average molecular weight is 748 g/mol. The number of fused-ring (bicyclic) bond motifs is 1. The molecule has 0 saturated carbocycles. The molecule has 298 valence electrons. The first-order valence-electron chi connectivity index (χ1n) is 18.7. The number of esters is 2. The van der Waals surface area contributed by atoms with Crippen LogP contribution in [0.3, 0.4) is 0 Å². The van der Waals surface area contributed by atoms with E-state index in [-0.39, 0.29) is 18.6 Å². The molecular weight excluding hydrogens is 686 g/mol. The van der Waals surface area contributed by atoms with Crippen molar-refractivity contribution in [3.8, 4) is 0 Å². The zero-order valence-electron chi connectivity index (χ0n) is 33.2. The summed E-state index contributed by atoms with van der Waals surface area (Å²) in [5.74, 6) is -3.99. The van der Waals surface area contributed by atoms with E-state index in [1.54, 1.807) is 51.3 Å². The lowest BCUT2D eigenvalue weighted by molar-refractivity contribution is -0.299. The number of benzene rings is 1. The molecule has 14 nitrogen and oxygen atoms in total. The van der Waals surface area contributed by atoms with E-state index in [2.05, 4.69) is 17.1 Å². The third kappa shape index (κ3) is 9.22. The molecule has 0 spiro atoms. The molecule has 4 rings (SSSR count). The lowest BCUT2D eigenvalue weighted by Gasteiger charge is -2.47. The average Bonchev–Trinajstić information content (AvgIpc) is 3.45. The van der Waals surface area contributed by atoms with Crippen LogP contribution in [0, 0.1) is 17.8 Å². The highest BCUT2D eigenvalue weighted by molar-refractivity contribution is 6.00. The van der Waals surface area contributed by atoms with Gasteiger partial charge in [0.25, 0.3) is 0 Å². The molecule has 3 heterocycles. The molecule has 3 saturated heterocycles. The van der Waals surface area contributed by atoms with E-state index in [0.29, 0.717) is 31.4 Å². The van der Waals surface area contributed by atoms with Crippen molar-refractivity contribution in [1.29, 1.82) is 0 Å². The van der Waals surface area contributed by atoms with Crippen molar-refractivity contribution in [2.24, 2.45) is 17.8 Å². The highest BCUT2D eigenvalue weighted by atomic mass is 16.7. The van der Waals surface area contributed by atoms with Crippen molar-refractivity contribution in [2.75, 3.05) is 41.4 Å². The number of Topliss-reactive ketones (excluding diaryl/α,β-unsaturated/α-hetero) is 1. The van der Waals surface area contributed by atoms with Crippen molar-refractivity contribution in [2.45, 2.75) is 128 Å². The monoisotopic (exact) mass is 747 g/mol. The van der Waals surface area contributed by atoms with Gasteiger partial charge >= 0.3 is 18.0 Å². The van der Waals surface area contributed by atoms with Gasteiger partial charge in [-0.2, -0.15) is 0 Å². The fourth-order valence-corrected chi connectivity index (χ4v) is 8.39. The van der Waals surface area contributed by atoms with E-state index in [1.165, 1.54) is 6.92 Å². The van der Waals surface area contributed by atoms with E-state index < -0.39 is 89.6 Å². The topological polar surface area (TPSA) is 162 Å². The Labute approximate surface area is 314 Å². The third-order valence-corrected chi connectivity index (χ3v) is 11.6. The number of alkyl carbamates (subject to hydrolysis) is 1. The largest absolute Gasteiger partial charge is 0.458 e. The first-order valence-corrected chi connectivity index (χ1v) is 18.7. The lowest BCUT2D eigenvalue weighted by Crippen LogP contribution is -2.61. The predicted molar refractivity (Wildman–Crippen MR) is 195 cm³/mol. The number of nitrogens with one attached hydrogen (secondary N) is 1. The Morgan fingerprint density at radius 3 is 2.34 bits per heavy atom. The number of aliphatic hydroxyl groups excluding tert-OH is 1. The molecule has 14 heteroatoms. The number of carbonyl (C=O) groups excluding carboxylic acids is 4. The van der Waals surface area contributed by atoms with Gasteiger partial charge in [0, 0.05) is 25.6 Å². The SMILES string of the molecule is CC[C@H]1OC(=O)[C@H](C)C(=O)[C@H](C)[C@@H](O[C@@H]2O[C@H](CO)C[C@H](N(C)C)[C@H]2OC(=O)c2ccccc2)[C@](C)(OC)C[C@@H](C)CN(C)[C@H](C)[C@H]2NC(=O)O[C@]21C. The van der Waals surface area contributed by atoms with Crippen molar-refractivity contribution in [1.82, 2.24) is 15.1 Å². The molecule has 0 bridgehead atoms. The van der Waals surface area contributed by atoms with Gasteiger partial charge in [-0.1, -0.05) is 39.0 Å². The molecule has 1 amide bonds. The predicted octanol–water partition coefficient (Wildman–Crippen LogP) is 3.43. The van der Waals surface area contributed by atoms with E-state index >= 15 is 0 Å². The Hall–Kier alpha value is -3.14. The second-order valence-corrected chi connectivity index (χ2v) is 15.8. The number of amides is 1. The van der Waals surface area contributed by atoms with Gasteiger partial charge in [-0.3, -0.25) is 9.59 Å². The molecule has 0 aliphatic carbocycles. The summed E-state index contributed by atoms with van der Waals surface area (Å²) in [6.07, 6.45) is -4.19. The summed E-state index contributed by atoms with van der Waals surface area (Å²) < 4.78 is 37.5. The van der Waals surface area contributed by atoms with Crippen LogP contribution in [-0.2, 0) is 38.0 Å². The molecule has 3 fully saturated rings. The summed E-state index contributed by atoms with van der Waals surface area (Å²) in [6.45, 7) is 13.0. The summed E-state index contributed by atoms with van der Waals surface area (Å²) in [4.78, 5) is 58.4. The van der Waals surface area contributed by atoms with Crippen molar-refractivity contribution in [3.05, 3.63) is 35.9 Å². The highest BCUT2D eigenvalue weighted by Crippen LogP contribution is 2.39. The Balaban J connectivity index is 1.77. The van der Waals surface area contributed by atoms with Gasteiger partial charge in [0.2, 0.25) is 0 Å². The number of ether oxygens (including phenoxy) is 6. The zero-order chi connectivity index (χ0) is 39.4. The van der Waals surface area contributed by atoms with E-state index in [9.17, 15) is 24.3 Å². The van der Waals surface area contributed by atoms with Gasteiger partial charge in [-0.15, -0.1) is 0 Å². The van der Waals surface area contributed by atoms with E-state index in [0.717, 1.165) is 0 Å². The first kappa shape index (κ1) is 42.6. The van der Waals surface area contributed by atoms with Crippen LogP contribution in [0.4, 0.5) is 4.79 Å². The standard InChI is InChI=1S/C39H61N3O11/c1-12-29-39(7)32(40-37(47)53-39)25(5)42(10)20-22(2)19-38(6,48-11)33(23(3)30(44)24(4)34(45)50-29)52-36-31(28(41(8)9)18-27(21-43)49-36)51-35(46)26-16-14-13-15-17-26/h13-17,22-25,27-29,31-33,36,43H,12,18-21H2,1-11H3,(H,40,47)/t22-,23+,24-,25-,27+,28+,29-,31-,32-,33-,36+,38-,39+/m1/s1. The smallest absolute Gasteiger partial charge is 0.408 e. The lowest BCUT2D eigenvalue weighted by atomic mass is 9.78. The van der Waals surface area contributed by atoms with Crippen LogP contribution in [0.25, 0.3) is 0 Å². The minimum atomic E-state index is -1.22. The highest BCUT2D eigenvalue weighted by Gasteiger charge is 2.56. The minimum absolute atomic E-state index is 0.0359. The fourth-order valence-electron chi connectivity index (χ4n) is 8.39. The van der Waals surface area contributed by atoms with Crippen LogP contribution in [0.1, 0.15) is 78.1 Å². The quantitative estimate of drug-likeness (QED) is 0.226. The number of likely N-dealkylation sites (N-methyl/N-ethyl adjacent to an activating group) is 2. The molecule has 2 N–H and O–H groups in total. The molecule has 1 aromatic rings. The zero-order valence-corrected chi connectivity index (χ0v) is 33.2. The van der Waals surface area contributed by atoms with Gasteiger partial charge in [0.15, 0.2) is 23.8 Å². The molecule has 0 radical (unpaired) electrons. The maximum absolute atomic E-state index is 14.4. The fraction of sp³-hybridized carbons (Fsp3) is 0.744. The molecule has 3 aliphatic rings. The maximum Gasteiger partial charge on any atom is 0.408 e. The van der Waals surface area contributed by atoms with Crippen LogP contribution < -0.4 is 5.32 Å². The number of aliphatic hydroxyl groups is 1. The molecule has 3 aliphatic heterocycles. The number of cyclic esters (lactones) is 1. The molecular formula is C39H61N3O11. The normalized spacial score (nSPS) is 39.3. The van der Waals surface area contributed by atoms with Gasteiger partial charge in [0.1, 0.15) is 12.0 Å². The number of hydrogen-bond acceptors (Lipinski definition) is 13. The van der Waals surface area contributed by atoms with Crippen LogP contribution in [0.2, 0.25) is 0 Å². The molecule has 1 aromatic carbocycles. The Morgan fingerprint density at radius 1 is 1.09 bits per heavy atom. The van der Waals surface area contributed by atoms with Gasteiger partial charge in [0.05, 0.1) is 42.1 Å². The number of nitrogens with zero attached hydrogens (tertiary/aromatic N) is 2.